The van der Waals surface area contributed by atoms with Crippen molar-refractivity contribution in [2.75, 3.05) is 13.2 Å². The van der Waals surface area contributed by atoms with E-state index in [0.29, 0.717) is 18.5 Å². The normalized spacial score (nSPS) is 11.5. The molecule has 0 heterocycles. The molecule has 1 aromatic rings. The molecule has 19 heavy (non-hydrogen) atoms. The number of hydrogen-bond acceptors (Lipinski definition) is 2. The number of nitrogens with one attached hydrogen (secondary N) is 1. The van der Waals surface area contributed by atoms with E-state index in [0.717, 1.165) is 15.6 Å². The Kier molecular flexibility index (Phi) is 5.56. The lowest BCUT2D eigenvalue weighted by molar-refractivity contribution is 0.0927. The van der Waals surface area contributed by atoms with Crippen LogP contribution in [0.5, 0.6) is 0 Å². The monoisotopic (exact) mass is 327 g/mol. The van der Waals surface area contributed by atoms with Gasteiger partial charge in [-0.1, -0.05) is 29.8 Å². The largest absolute Gasteiger partial charge is 0.396 e. The molecule has 0 saturated heterocycles. The van der Waals surface area contributed by atoms with E-state index in [9.17, 15) is 4.79 Å². The summed E-state index contributed by atoms with van der Waals surface area (Å²) >= 11 is 3.46. The van der Waals surface area contributed by atoms with Crippen molar-refractivity contribution in [1.29, 1.82) is 0 Å². The topological polar surface area (TPSA) is 49.3 Å². The third-order valence-corrected chi connectivity index (χ3v) is 4.12. The lowest BCUT2D eigenvalue weighted by atomic mass is 9.89. The lowest BCUT2D eigenvalue weighted by Gasteiger charge is -2.24. The molecule has 4 heteroatoms. The van der Waals surface area contributed by atoms with Gasteiger partial charge in [-0.15, -0.1) is 0 Å². The summed E-state index contributed by atoms with van der Waals surface area (Å²) in [6.07, 6.45) is 0.672. The number of aliphatic hydroxyl groups is 1. The van der Waals surface area contributed by atoms with Gasteiger partial charge in [-0.05, 0) is 48.9 Å². The van der Waals surface area contributed by atoms with Crippen LogP contribution < -0.4 is 5.32 Å². The average molecular weight is 328 g/mol. The molecular weight excluding hydrogens is 306 g/mol. The molecule has 1 rings (SSSR count). The summed E-state index contributed by atoms with van der Waals surface area (Å²) in [5.41, 5.74) is 2.61. The fourth-order valence-electron chi connectivity index (χ4n) is 1.83. The van der Waals surface area contributed by atoms with E-state index in [1.54, 1.807) is 0 Å². The van der Waals surface area contributed by atoms with Crippen molar-refractivity contribution in [3.63, 3.8) is 0 Å². The first-order chi connectivity index (χ1) is 8.76. The third-order valence-electron chi connectivity index (χ3n) is 3.27. The number of aryl methyl sites for hydroxylation is 2. The van der Waals surface area contributed by atoms with Crippen molar-refractivity contribution in [1.82, 2.24) is 5.32 Å². The van der Waals surface area contributed by atoms with Crippen LogP contribution in [-0.2, 0) is 0 Å². The first-order valence-electron chi connectivity index (χ1n) is 6.42. The molecule has 0 atom stereocenters. The van der Waals surface area contributed by atoms with E-state index >= 15 is 0 Å². The Morgan fingerprint density at radius 3 is 2.53 bits per heavy atom. The molecule has 0 aliphatic heterocycles. The molecular formula is C15H22BrNO2. The summed E-state index contributed by atoms with van der Waals surface area (Å²) in [7, 11) is 0. The zero-order valence-corrected chi connectivity index (χ0v) is 13.6. The zero-order chi connectivity index (χ0) is 14.6. The smallest absolute Gasteiger partial charge is 0.251 e. The Balaban J connectivity index is 2.77. The van der Waals surface area contributed by atoms with Gasteiger partial charge in [0.25, 0.3) is 5.91 Å². The summed E-state index contributed by atoms with van der Waals surface area (Å²) in [6.45, 7) is 8.65. The van der Waals surface area contributed by atoms with E-state index in [2.05, 4.69) is 21.2 Å². The molecule has 0 unspecified atom stereocenters. The number of carbonyl (C=O) groups excluding carboxylic acids is 1. The van der Waals surface area contributed by atoms with E-state index in [1.807, 2.05) is 39.8 Å². The van der Waals surface area contributed by atoms with Gasteiger partial charge in [-0.3, -0.25) is 4.79 Å². The molecule has 106 valence electrons. The van der Waals surface area contributed by atoms with Crippen LogP contribution in [0.2, 0.25) is 0 Å². The predicted molar refractivity (Wildman–Crippen MR) is 81.4 cm³/mol. The molecule has 3 nitrogen and oxygen atoms in total. The second-order valence-corrected chi connectivity index (χ2v) is 6.59. The lowest BCUT2D eigenvalue weighted by Crippen LogP contribution is -2.34. The minimum Gasteiger partial charge on any atom is -0.396 e. The molecule has 0 aliphatic rings. The van der Waals surface area contributed by atoms with Gasteiger partial charge in [-0.25, -0.2) is 0 Å². The van der Waals surface area contributed by atoms with Crippen molar-refractivity contribution < 1.29 is 9.90 Å². The zero-order valence-electron chi connectivity index (χ0n) is 12.0. The van der Waals surface area contributed by atoms with Crippen LogP contribution in [0.4, 0.5) is 0 Å². The molecule has 0 aliphatic carbocycles. The minimum atomic E-state index is -0.0945. The van der Waals surface area contributed by atoms with Gasteiger partial charge in [0, 0.05) is 23.2 Å². The summed E-state index contributed by atoms with van der Waals surface area (Å²) < 4.78 is 1.02. The maximum absolute atomic E-state index is 12.2. The van der Waals surface area contributed by atoms with Crippen LogP contribution >= 0.6 is 15.9 Å². The molecule has 1 amide bonds. The Bertz CT molecular complexity index is 469. The van der Waals surface area contributed by atoms with Crippen molar-refractivity contribution >= 4 is 21.8 Å². The summed E-state index contributed by atoms with van der Waals surface area (Å²) in [5.74, 6) is -0.0564. The molecule has 0 spiro atoms. The maximum Gasteiger partial charge on any atom is 0.251 e. The number of halogens is 1. The van der Waals surface area contributed by atoms with Crippen molar-refractivity contribution in [3.05, 3.63) is 33.3 Å². The Morgan fingerprint density at radius 1 is 1.32 bits per heavy atom. The number of rotatable bonds is 5. The van der Waals surface area contributed by atoms with Crippen LogP contribution in [-0.4, -0.2) is 24.2 Å². The molecule has 1 aromatic carbocycles. The van der Waals surface area contributed by atoms with Crippen LogP contribution in [0.25, 0.3) is 0 Å². The fraction of sp³-hybridized carbons (Fsp3) is 0.533. The number of carbonyl (C=O) groups is 1. The van der Waals surface area contributed by atoms with E-state index < -0.39 is 0 Å². The Morgan fingerprint density at radius 2 is 1.95 bits per heavy atom. The van der Waals surface area contributed by atoms with Gasteiger partial charge in [0.15, 0.2) is 0 Å². The Hall–Kier alpha value is -0.870. The summed E-state index contributed by atoms with van der Waals surface area (Å²) in [6, 6.07) is 3.86. The van der Waals surface area contributed by atoms with Gasteiger partial charge < -0.3 is 10.4 Å². The molecule has 0 saturated carbocycles. The highest BCUT2D eigenvalue weighted by Gasteiger charge is 2.19. The molecule has 2 N–H and O–H groups in total. The second-order valence-electron chi connectivity index (χ2n) is 5.74. The van der Waals surface area contributed by atoms with Gasteiger partial charge in [0.2, 0.25) is 0 Å². The third kappa shape index (κ3) is 4.62. The van der Waals surface area contributed by atoms with Crippen LogP contribution in [0.3, 0.4) is 0 Å². The minimum absolute atomic E-state index is 0.0564. The van der Waals surface area contributed by atoms with Gasteiger partial charge in [0.1, 0.15) is 0 Å². The first kappa shape index (κ1) is 16.2. The number of amides is 1. The number of hydrogen-bond donors (Lipinski definition) is 2. The highest BCUT2D eigenvalue weighted by atomic mass is 79.9. The number of aliphatic hydroxyl groups excluding tert-OH is 1. The maximum atomic E-state index is 12.2. The highest BCUT2D eigenvalue weighted by molar-refractivity contribution is 9.10. The Labute approximate surface area is 123 Å². The molecule has 0 aromatic heterocycles. The highest BCUT2D eigenvalue weighted by Crippen LogP contribution is 2.22. The second kappa shape index (κ2) is 6.53. The molecule has 0 radical (unpaired) electrons. The van der Waals surface area contributed by atoms with Gasteiger partial charge >= 0.3 is 0 Å². The van der Waals surface area contributed by atoms with Crippen LogP contribution in [0, 0.1) is 19.3 Å². The van der Waals surface area contributed by atoms with Crippen LogP contribution in [0.1, 0.15) is 41.8 Å². The van der Waals surface area contributed by atoms with Gasteiger partial charge in [0.05, 0.1) is 0 Å². The SMILES string of the molecule is Cc1cc(C(=O)NCC(C)(C)CCO)c(C)cc1Br. The van der Waals surface area contributed by atoms with Gasteiger partial charge in [-0.2, -0.15) is 0 Å². The van der Waals surface area contributed by atoms with E-state index in [4.69, 9.17) is 5.11 Å². The average Bonchev–Trinajstić information content (AvgIpc) is 2.31. The fourth-order valence-corrected chi connectivity index (χ4v) is 2.29. The van der Waals surface area contributed by atoms with Crippen molar-refractivity contribution in [2.45, 2.75) is 34.1 Å². The van der Waals surface area contributed by atoms with Crippen molar-refractivity contribution in [2.24, 2.45) is 5.41 Å². The molecule has 0 bridgehead atoms. The van der Waals surface area contributed by atoms with Crippen molar-refractivity contribution in [3.8, 4) is 0 Å². The quantitative estimate of drug-likeness (QED) is 0.872. The first-order valence-corrected chi connectivity index (χ1v) is 7.22. The van der Waals surface area contributed by atoms with Crippen LogP contribution in [0.15, 0.2) is 16.6 Å². The predicted octanol–water partition coefficient (Wildman–Crippen LogP) is 3.20. The number of benzene rings is 1. The molecule has 0 fully saturated rings. The van der Waals surface area contributed by atoms with E-state index in [1.165, 1.54) is 0 Å². The standard InChI is InChI=1S/C15H22BrNO2/c1-10-8-13(16)11(2)7-12(10)14(19)17-9-15(3,4)5-6-18/h7-8,18H,5-6,9H2,1-4H3,(H,17,19). The summed E-state index contributed by atoms with van der Waals surface area (Å²) in [5, 5.41) is 11.9. The summed E-state index contributed by atoms with van der Waals surface area (Å²) in [4.78, 5) is 12.2. The van der Waals surface area contributed by atoms with E-state index in [-0.39, 0.29) is 17.9 Å².